The largest absolute Gasteiger partial charge is 0.383 e. The van der Waals surface area contributed by atoms with Gasteiger partial charge in [0, 0.05) is 33.3 Å². The lowest BCUT2D eigenvalue weighted by atomic mass is 9.85. The van der Waals surface area contributed by atoms with E-state index in [1.807, 2.05) is 62.4 Å². The van der Waals surface area contributed by atoms with Gasteiger partial charge in [0.1, 0.15) is 18.1 Å². The van der Waals surface area contributed by atoms with E-state index in [0.29, 0.717) is 45.8 Å². The van der Waals surface area contributed by atoms with Gasteiger partial charge < -0.3 is 25.0 Å². The van der Waals surface area contributed by atoms with E-state index in [1.165, 1.54) is 0 Å². The molecule has 0 saturated carbocycles. The van der Waals surface area contributed by atoms with Crippen LogP contribution in [0.25, 0.3) is 10.4 Å². The Labute approximate surface area is 246 Å². The Kier molecular flexibility index (Phi) is 10.5. The van der Waals surface area contributed by atoms with Gasteiger partial charge in [-0.25, -0.2) is 4.98 Å². The summed E-state index contributed by atoms with van der Waals surface area (Å²) in [7, 11) is 1.63. The predicted octanol–water partition coefficient (Wildman–Crippen LogP) is 2.60. The third-order valence-corrected chi connectivity index (χ3v) is 8.77. The standard InChI is InChI=1S/C30H43N5O5S/c1-20-25(41-19-32-20)22-10-8-21(9-11-22)17-31-27(36)23-7-6-12-35(23)29(38)26(30(2,3)4)33-28(37)24-18-40-16-14-34(24)13-15-39-5/h8-11,19,23-24,26H,6-7,12-18H2,1-5H3,(H,31,36)(H,33,37)/t23-,24+,26+/m0/s1. The number of carbonyl (C=O) groups is 3. The van der Waals surface area contributed by atoms with E-state index in [1.54, 1.807) is 23.3 Å². The third kappa shape index (κ3) is 7.71. The minimum absolute atomic E-state index is 0.177. The molecule has 0 aliphatic carbocycles. The molecule has 2 N–H and O–H groups in total. The molecule has 2 aliphatic heterocycles. The summed E-state index contributed by atoms with van der Waals surface area (Å²) in [6.45, 7) is 11.2. The van der Waals surface area contributed by atoms with Gasteiger partial charge in [-0.3, -0.25) is 19.3 Å². The number of morpholine rings is 1. The summed E-state index contributed by atoms with van der Waals surface area (Å²) in [5, 5.41) is 6.04. The van der Waals surface area contributed by atoms with Crippen molar-refractivity contribution in [3.05, 3.63) is 41.0 Å². The number of nitrogens with one attached hydrogen (secondary N) is 2. The highest BCUT2D eigenvalue weighted by molar-refractivity contribution is 7.13. The van der Waals surface area contributed by atoms with E-state index in [0.717, 1.165) is 28.1 Å². The van der Waals surface area contributed by atoms with Crippen molar-refractivity contribution in [3.63, 3.8) is 0 Å². The van der Waals surface area contributed by atoms with Gasteiger partial charge in [-0.2, -0.15) is 0 Å². The first-order valence-corrected chi connectivity index (χ1v) is 15.2. The van der Waals surface area contributed by atoms with Crippen molar-refractivity contribution in [3.8, 4) is 10.4 Å². The van der Waals surface area contributed by atoms with Gasteiger partial charge in [0.15, 0.2) is 0 Å². The minimum Gasteiger partial charge on any atom is -0.383 e. The highest BCUT2D eigenvalue weighted by Gasteiger charge is 2.43. The van der Waals surface area contributed by atoms with Crippen LogP contribution in [-0.2, 0) is 30.4 Å². The van der Waals surface area contributed by atoms with Crippen molar-refractivity contribution >= 4 is 29.1 Å². The molecule has 4 rings (SSSR count). The molecule has 2 aliphatic rings. The molecule has 41 heavy (non-hydrogen) atoms. The number of methoxy groups -OCH3 is 1. The topological polar surface area (TPSA) is 113 Å². The molecule has 0 spiro atoms. The van der Waals surface area contributed by atoms with Gasteiger partial charge >= 0.3 is 0 Å². The molecule has 0 unspecified atom stereocenters. The third-order valence-electron chi connectivity index (χ3n) is 7.79. The molecule has 2 saturated heterocycles. The highest BCUT2D eigenvalue weighted by Crippen LogP contribution is 2.28. The number of aryl methyl sites for hydroxylation is 1. The first-order valence-electron chi connectivity index (χ1n) is 14.3. The lowest BCUT2D eigenvalue weighted by Crippen LogP contribution is -2.62. The molecule has 3 heterocycles. The second kappa shape index (κ2) is 13.9. The van der Waals surface area contributed by atoms with Crippen LogP contribution in [0.2, 0.25) is 0 Å². The molecule has 0 bridgehead atoms. The summed E-state index contributed by atoms with van der Waals surface area (Å²) in [5.74, 6) is -0.650. The van der Waals surface area contributed by atoms with Crippen LogP contribution in [0.5, 0.6) is 0 Å². The van der Waals surface area contributed by atoms with Crippen molar-refractivity contribution in [1.29, 1.82) is 0 Å². The van der Waals surface area contributed by atoms with Gasteiger partial charge in [0.05, 0.1) is 35.9 Å². The average molecular weight is 586 g/mol. The van der Waals surface area contributed by atoms with Crippen LogP contribution in [0.3, 0.4) is 0 Å². The monoisotopic (exact) mass is 585 g/mol. The van der Waals surface area contributed by atoms with Crippen LogP contribution >= 0.6 is 11.3 Å². The Morgan fingerprint density at radius 1 is 1.15 bits per heavy atom. The van der Waals surface area contributed by atoms with Crippen molar-refractivity contribution in [2.75, 3.05) is 46.6 Å². The maximum absolute atomic E-state index is 13.9. The van der Waals surface area contributed by atoms with Gasteiger partial charge in [-0.15, -0.1) is 11.3 Å². The number of thiazole rings is 1. The lowest BCUT2D eigenvalue weighted by Gasteiger charge is -2.39. The van der Waals surface area contributed by atoms with E-state index in [2.05, 4.69) is 15.6 Å². The van der Waals surface area contributed by atoms with Crippen LogP contribution in [0.15, 0.2) is 29.8 Å². The SMILES string of the molecule is COCCN1CCOC[C@@H]1C(=O)N[C@H](C(=O)N1CCC[C@H]1C(=O)NCc1ccc(-c2scnc2C)cc1)C(C)(C)C. The quantitative estimate of drug-likeness (QED) is 0.441. The number of aromatic nitrogens is 1. The van der Waals surface area contributed by atoms with Crippen LogP contribution in [0.1, 0.15) is 44.9 Å². The molecule has 11 heteroatoms. The molecule has 1 aromatic heterocycles. The molecule has 3 atom stereocenters. The van der Waals surface area contributed by atoms with Crippen molar-refractivity contribution < 1.29 is 23.9 Å². The summed E-state index contributed by atoms with van der Waals surface area (Å²) in [4.78, 5) is 49.7. The average Bonchev–Trinajstić information content (AvgIpc) is 3.62. The Balaban J connectivity index is 1.39. The summed E-state index contributed by atoms with van der Waals surface area (Å²) in [6.07, 6.45) is 1.33. The summed E-state index contributed by atoms with van der Waals surface area (Å²) in [6, 6.07) is 6.23. The van der Waals surface area contributed by atoms with E-state index < -0.39 is 23.5 Å². The highest BCUT2D eigenvalue weighted by atomic mass is 32.1. The maximum Gasteiger partial charge on any atom is 0.246 e. The number of benzene rings is 1. The molecule has 3 amide bonds. The summed E-state index contributed by atoms with van der Waals surface area (Å²) < 4.78 is 10.8. The first kappa shape index (κ1) is 31.1. The second-order valence-corrected chi connectivity index (χ2v) is 12.7. The van der Waals surface area contributed by atoms with E-state index in [9.17, 15) is 14.4 Å². The Morgan fingerprint density at radius 2 is 1.90 bits per heavy atom. The van der Waals surface area contributed by atoms with E-state index in [-0.39, 0.29) is 24.3 Å². The molecule has 0 radical (unpaired) electrons. The smallest absolute Gasteiger partial charge is 0.246 e. The van der Waals surface area contributed by atoms with Crippen LogP contribution in [0.4, 0.5) is 0 Å². The van der Waals surface area contributed by atoms with Crippen LogP contribution in [0, 0.1) is 12.3 Å². The zero-order chi connectivity index (χ0) is 29.6. The minimum atomic E-state index is -0.780. The van der Waals surface area contributed by atoms with E-state index in [4.69, 9.17) is 9.47 Å². The van der Waals surface area contributed by atoms with Gasteiger partial charge in [0.2, 0.25) is 17.7 Å². The van der Waals surface area contributed by atoms with Crippen LogP contribution < -0.4 is 10.6 Å². The normalized spacial score (nSPS) is 20.6. The molecule has 1 aromatic carbocycles. The van der Waals surface area contributed by atoms with Crippen molar-refractivity contribution in [1.82, 2.24) is 25.4 Å². The predicted molar refractivity (Wildman–Crippen MR) is 158 cm³/mol. The van der Waals surface area contributed by atoms with Crippen molar-refractivity contribution in [2.24, 2.45) is 5.41 Å². The second-order valence-electron chi connectivity index (χ2n) is 11.8. The Hall–Kier alpha value is -2.86. The molecule has 2 aromatic rings. The Morgan fingerprint density at radius 3 is 2.56 bits per heavy atom. The number of carbonyl (C=O) groups excluding carboxylic acids is 3. The number of hydrogen-bond acceptors (Lipinski definition) is 8. The van der Waals surface area contributed by atoms with Gasteiger partial charge in [-0.05, 0) is 36.3 Å². The number of rotatable bonds is 10. The molecule has 224 valence electrons. The zero-order valence-corrected chi connectivity index (χ0v) is 25.6. The summed E-state index contributed by atoms with van der Waals surface area (Å²) in [5.41, 5.74) is 4.37. The number of hydrogen-bond donors (Lipinski definition) is 2. The lowest BCUT2D eigenvalue weighted by molar-refractivity contribution is -0.146. The maximum atomic E-state index is 13.9. The fraction of sp³-hybridized carbons (Fsp3) is 0.600. The van der Waals surface area contributed by atoms with Crippen LogP contribution in [-0.4, -0.2) is 97.2 Å². The molecular formula is C30H43N5O5S. The fourth-order valence-electron chi connectivity index (χ4n) is 5.37. The number of amides is 3. The van der Waals surface area contributed by atoms with Crippen molar-refractivity contribution in [2.45, 2.75) is 65.2 Å². The number of nitrogens with zero attached hydrogens (tertiary/aromatic N) is 3. The number of ether oxygens (including phenoxy) is 2. The molecule has 10 nitrogen and oxygen atoms in total. The fourth-order valence-corrected chi connectivity index (χ4v) is 6.18. The molecular weight excluding hydrogens is 542 g/mol. The van der Waals surface area contributed by atoms with Gasteiger partial charge in [0.25, 0.3) is 0 Å². The number of likely N-dealkylation sites (tertiary alicyclic amines) is 1. The molecule has 2 fully saturated rings. The Bertz CT molecular complexity index is 1190. The van der Waals surface area contributed by atoms with Gasteiger partial charge in [-0.1, -0.05) is 45.0 Å². The zero-order valence-electron chi connectivity index (χ0n) is 24.8. The summed E-state index contributed by atoms with van der Waals surface area (Å²) >= 11 is 1.61. The first-order chi connectivity index (χ1) is 19.6. The van der Waals surface area contributed by atoms with E-state index >= 15 is 0 Å².